The van der Waals surface area contributed by atoms with Crippen molar-refractivity contribution in [3.8, 4) is 0 Å². The molecule has 90 valence electrons. The number of rotatable bonds is 3. The Hall–Kier alpha value is -1.32. The second-order valence-electron chi connectivity index (χ2n) is 4.12. The summed E-state index contributed by atoms with van der Waals surface area (Å²) in [5, 5.41) is 14.9. The van der Waals surface area contributed by atoms with Crippen molar-refractivity contribution in [3.63, 3.8) is 0 Å². The Balaban J connectivity index is 2.23. The van der Waals surface area contributed by atoms with E-state index in [4.69, 9.17) is 11.6 Å². The van der Waals surface area contributed by atoms with E-state index in [9.17, 15) is 5.11 Å². The Morgan fingerprint density at radius 1 is 1.35 bits per heavy atom. The number of aryl methyl sites for hydroxylation is 2. The molecular weight excluding hydrogens is 236 g/mol. The predicted molar refractivity (Wildman–Crippen MR) is 68.1 cm³/mol. The van der Waals surface area contributed by atoms with Gasteiger partial charge in [-0.15, -0.1) is 0 Å². The van der Waals surface area contributed by atoms with Gasteiger partial charge >= 0.3 is 0 Å². The summed E-state index contributed by atoms with van der Waals surface area (Å²) in [7, 11) is 1.77. The van der Waals surface area contributed by atoms with E-state index in [1.54, 1.807) is 11.7 Å². The van der Waals surface area contributed by atoms with Gasteiger partial charge in [0.25, 0.3) is 0 Å². The zero-order valence-electron chi connectivity index (χ0n) is 9.89. The lowest BCUT2D eigenvalue weighted by molar-refractivity contribution is 0.178. The van der Waals surface area contributed by atoms with E-state index in [1.165, 1.54) is 0 Å². The van der Waals surface area contributed by atoms with Gasteiger partial charge in [-0.3, -0.25) is 4.68 Å². The van der Waals surface area contributed by atoms with E-state index in [0.29, 0.717) is 11.6 Å². The average Bonchev–Trinajstić information content (AvgIpc) is 2.54. The Labute approximate surface area is 106 Å². The van der Waals surface area contributed by atoms with Gasteiger partial charge in [0, 0.05) is 19.0 Å². The number of aliphatic hydroxyl groups excluding tert-OH is 1. The van der Waals surface area contributed by atoms with E-state index in [-0.39, 0.29) is 0 Å². The lowest BCUT2D eigenvalue weighted by atomic mass is 10.0. The molecule has 1 atom stereocenters. The summed E-state index contributed by atoms with van der Waals surface area (Å²) in [6, 6.07) is 9.85. The first-order valence-corrected chi connectivity index (χ1v) is 5.88. The van der Waals surface area contributed by atoms with Gasteiger partial charge in [0.1, 0.15) is 5.15 Å². The minimum Gasteiger partial charge on any atom is -0.388 e. The van der Waals surface area contributed by atoms with Gasteiger partial charge in [-0.2, -0.15) is 5.10 Å². The summed E-state index contributed by atoms with van der Waals surface area (Å²) in [5.41, 5.74) is 2.58. The molecule has 1 aromatic carbocycles. The number of aromatic nitrogens is 2. The zero-order chi connectivity index (χ0) is 12.4. The molecule has 0 saturated carbocycles. The largest absolute Gasteiger partial charge is 0.388 e. The molecule has 0 aliphatic carbocycles. The predicted octanol–water partition coefficient (Wildman–Crippen LogP) is 2.66. The summed E-state index contributed by atoms with van der Waals surface area (Å²) in [6.07, 6.45) is -0.0637. The summed E-state index contributed by atoms with van der Waals surface area (Å²) in [6.45, 7) is 1.86. The van der Waals surface area contributed by atoms with Crippen molar-refractivity contribution >= 4 is 11.6 Å². The molecule has 0 radical (unpaired) electrons. The fourth-order valence-electron chi connectivity index (χ4n) is 1.96. The van der Waals surface area contributed by atoms with Crippen molar-refractivity contribution in [3.05, 3.63) is 52.3 Å². The number of halogens is 1. The lowest BCUT2D eigenvalue weighted by Gasteiger charge is -2.10. The normalized spacial score (nSPS) is 12.7. The van der Waals surface area contributed by atoms with Gasteiger partial charge in [-0.25, -0.2) is 0 Å². The highest BCUT2D eigenvalue weighted by Gasteiger charge is 2.19. The number of hydrogen-bond acceptors (Lipinski definition) is 2. The summed E-state index contributed by atoms with van der Waals surface area (Å²) < 4.78 is 1.58. The smallest absolute Gasteiger partial charge is 0.132 e. The monoisotopic (exact) mass is 250 g/mol. The van der Waals surface area contributed by atoms with E-state index >= 15 is 0 Å². The van der Waals surface area contributed by atoms with Crippen molar-refractivity contribution in [1.82, 2.24) is 9.78 Å². The van der Waals surface area contributed by atoms with E-state index in [0.717, 1.165) is 16.8 Å². The highest BCUT2D eigenvalue weighted by Crippen LogP contribution is 2.28. The summed E-state index contributed by atoms with van der Waals surface area (Å²) >= 11 is 6.12. The molecule has 3 nitrogen and oxygen atoms in total. The van der Waals surface area contributed by atoms with Crippen LogP contribution in [0.25, 0.3) is 0 Å². The van der Waals surface area contributed by atoms with Crippen LogP contribution in [-0.2, 0) is 13.5 Å². The Morgan fingerprint density at radius 2 is 2.00 bits per heavy atom. The van der Waals surface area contributed by atoms with Gasteiger partial charge in [-0.1, -0.05) is 41.9 Å². The van der Waals surface area contributed by atoms with Crippen molar-refractivity contribution in [2.75, 3.05) is 0 Å². The third-order valence-corrected chi connectivity index (χ3v) is 3.25. The van der Waals surface area contributed by atoms with Crippen molar-refractivity contribution in [2.24, 2.45) is 7.05 Å². The summed E-state index contributed by atoms with van der Waals surface area (Å²) in [5.74, 6) is 0. The molecule has 1 heterocycles. The third kappa shape index (κ3) is 2.51. The molecule has 0 aliphatic heterocycles. The quantitative estimate of drug-likeness (QED) is 0.910. The van der Waals surface area contributed by atoms with Crippen LogP contribution in [0.3, 0.4) is 0 Å². The van der Waals surface area contributed by atoms with Crippen LogP contribution in [-0.4, -0.2) is 14.9 Å². The second kappa shape index (κ2) is 4.90. The SMILES string of the molecule is Cc1nn(C)c(Cl)c1C(O)Cc1ccccc1. The van der Waals surface area contributed by atoms with E-state index in [2.05, 4.69) is 5.10 Å². The van der Waals surface area contributed by atoms with Gasteiger partial charge in [-0.05, 0) is 12.5 Å². The second-order valence-corrected chi connectivity index (χ2v) is 4.48. The maximum Gasteiger partial charge on any atom is 0.132 e. The van der Waals surface area contributed by atoms with Crippen LogP contribution in [0.5, 0.6) is 0 Å². The van der Waals surface area contributed by atoms with Crippen LogP contribution in [0.2, 0.25) is 5.15 Å². The first-order valence-electron chi connectivity index (χ1n) is 5.50. The molecule has 0 amide bonds. The van der Waals surface area contributed by atoms with Gasteiger partial charge in [0.15, 0.2) is 0 Å². The van der Waals surface area contributed by atoms with E-state index < -0.39 is 6.10 Å². The van der Waals surface area contributed by atoms with Crippen LogP contribution in [0.1, 0.15) is 22.9 Å². The van der Waals surface area contributed by atoms with Crippen LogP contribution >= 0.6 is 11.6 Å². The fourth-order valence-corrected chi connectivity index (χ4v) is 2.26. The molecule has 1 unspecified atom stereocenters. The molecular formula is C13H15ClN2O. The molecule has 1 aromatic heterocycles. The van der Waals surface area contributed by atoms with Crippen molar-refractivity contribution in [2.45, 2.75) is 19.4 Å². The van der Waals surface area contributed by atoms with Gasteiger partial charge in [0.2, 0.25) is 0 Å². The third-order valence-electron chi connectivity index (χ3n) is 2.80. The molecule has 4 heteroatoms. The van der Waals surface area contributed by atoms with Gasteiger partial charge in [0.05, 0.1) is 11.8 Å². The topological polar surface area (TPSA) is 38.0 Å². The highest BCUT2D eigenvalue weighted by atomic mass is 35.5. The zero-order valence-corrected chi connectivity index (χ0v) is 10.6. The molecule has 0 spiro atoms. The first kappa shape index (κ1) is 12.1. The Morgan fingerprint density at radius 3 is 2.53 bits per heavy atom. The average molecular weight is 251 g/mol. The fraction of sp³-hybridized carbons (Fsp3) is 0.308. The maximum absolute atomic E-state index is 10.2. The van der Waals surface area contributed by atoms with Crippen LogP contribution in [0.4, 0.5) is 0 Å². The van der Waals surface area contributed by atoms with Crippen LogP contribution in [0.15, 0.2) is 30.3 Å². The van der Waals surface area contributed by atoms with Crippen molar-refractivity contribution < 1.29 is 5.11 Å². The standard InChI is InChI=1S/C13H15ClN2O/c1-9-12(13(14)16(2)15-9)11(17)8-10-6-4-3-5-7-10/h3-7,11,17H,8H2,1-2H3. The lowest BCUT2D eigenvalue weighted by Crippen LogP contribution is -2.03. The minimum absolute atomic E-state index is 0.505. The molecule has 2 aromatic rings. The van der Waals surface area contributed by atoms with Crippen LogP contribution < -0.4 is 0 Å². The molecule has 17 heavy (non-hydrogen) atoms. The molecule has 0 bridgehead atoms. The molecule has 0 fully saturated rings. The number of aliphatic hydroxyl groups is 1. The van der Waals surface area contributed by atoms with E-state index in [1.807, 2.05) is 37.3 Å². The maximum atomic E-state index is 10.2. The highest BCUT2D eigenvalue weighted by molar-refractivity contribution is 6.30. The number of hydrogen-bond donors (Lipinski definition) is 1. The van der Waals surface area contributed by atoms with Crippen LogP contribution in [0, 0.1) is 6.92 Å². The Kier molecular flexibility index (Phi) is 3.50. The minimum atomic E-state index is -0.612. The molecule has 2 rings (SSSR count). The number of nitrogens with zero attached hydrogens (tertiary/aromatic N) is 2. The summed E-state index contributed by atoms with van der Waals surface area (Å²) in [4.78, 5) is 0. The molecule has 0 aliphatic rings. The van der Waals surface area contributed by atoms with Crippen molar-refractivity contribution in [1.29, 1.82) is 0 Å². The molecule has 1 N–H and O–H groups in total. The number of benzene rings is 1. The Bertz CT molecular complexity index is 508. The van der Waals surface area contributed by atoms with Gasteiger partial charge < -0.3 is 5.11 Å². The molecule has 0 saturated heterocycles. The first-order chi connectivity index (χ1) is 8.09.